The van der Waals surface area contributed by atoms with E-state index in [9.17, 15) is 98.1 Å². The van der Waals surface area contributed by atoms with Gasteiger partial charge in [-0.1, -0.05) is 43.5 Å². The summed E-state index contributed by atoms with van der Waals surface area (Å²) in [4.78, 5) is 165. The number of carboxylic acids is 8. The number of benzene rings is 2. The Labute approximate surface area is 598 Å². The summed E-state index contributed by atoms with van der Waals surface area (Å²) in [7, 11) is 0. The van der Waals surface area contributed by atoms with E-state index in [4.69, 9.17) is 17.3 Å². The first-order valence-corrected chi connectivity index (χ1v) is 34.8. The Morgan fingerprint density at radius 2 is 0.880 bits per heavy atom. The summed E-state index contributed by atoms with van der Waals surface area (Å²) in [5, 5.41) is 98.3. The number of carbonyl (C=O) groups is 13. The number of hydrogen-bond donors (Lipinski definition) is 16. The number of hydrogen-bond acceptors (Lipinski definition) is 18. The van der Waals surface area contributed by atoms with Gasteiger partial charge in [0, 0.05) is 106 Å². The Bertz CT molecular complexity index is 3010. The number of amides is 6. The van der Waals surface area contributed by atoms with Gasteiger partial charge in [-0.2, -0.15) is 0 Å². The van der Waals surface area contributed by atoms with E-state index < -0.39 is 128 Å². The smallest absolute Gasteiger partial charge is 0.326 e. The summed E-state index contributed by atoms with van der Waals surface area (Å²) < 4.78 is 1.12. The van der Waals surface area contributed by atoms with Crippen molar-refractivity contribution in [3.05, 3.63) is 63.2 Å². The van der Waals surface area contributed by atoms with E-state index in [0.29, 0.717) is 89.4 Å². The molecule has 100 heavy (non-hydrogen) atoms. The molecule has 6 amide bonds. The summed E-state index contributed by atoms with van der Waals surface area (Å²) in [5.74, 6) is -11.8. The van der Waals surface area contributed by atoms with Gasteiger partial charge in [0.2, 0.25) is 23.6 Å². The molecule has 1 saturated heterocycles. The maximum atomic E-state index is 13.9. The number of nitrogens with one attached hydrogen (secondary N) is 8. The molecule has 0 aromatic heterocycles. The predicted molar refractivity (Wildman–Crippen MR) is 375 cm³/mol. The van der Waals surface area contributed by atoms with E-state index >= 15 is 0 Å². The minimum Gasteiger partial charge on any atom is -0.481 e. The molecule has 33 nitrogen and oxygen atoms in total. The van der Waals surface area contributed by atoms with Crippen molar-refractivity contribution in [2.75, 3.05) is 96.9 Å². The molecule has 5 atom stereocenters. The average Bonchev–Trinajstić information content (AvgIpc) is 0.866. The van der Waals surface area contributed by atoms with Gasteiger partial charge >= 0.3 is 53.8 Å². The van der Waals surface area contributed by atoms with Crippen LogP contribution in [0.1, 0.15) is 127 Å². The lowest BCUT2D eigenvalue weighted by Crippen LogP contribution is -2.53. The summed E-state index contributed by atoms with van der Waals surface area (Å²) in [6.45, 7) is 0.303. The Balaban J connectivity index is 1.58. The summed E-state index contributed by atoms with van der Waals surface area (Å²) in [6.07, 6.45) is 5.10. The zero-order valence-electron chi connectivity index (χ0n) is 56.0. The molecule has 0 radical (unpaired) electrons. The molecule has 5 unspecified atom stereocenters. The SMILES string of the molecule is O=C(O)CCC(NC(=O)NC(CCC(=O)NCCCCCCCC(=O)NC(CCCCNC(=S)Nc1ccc(CC2CN(CC(=O)O)CCN(CC(=O)O)CCN(CC(=O)O)CCN2CC(=O)O)cc1)C(=O)NC(CCCCNC(=O)CCCc1ccc(I)cc1)C(=O)O)C(=O)O)C(=O)O. The number of anilines is 1. The quantitative estimate of drug-likeness (QED) is 0.0255. The Hall–Kier alpha value is -8.39. The number of thiocarbonyl (C=S) groups is 1. The van der Waals surface area contributed by atoms with Crippen LogP contribution < -0.4 is 42.5 Å². The monoisotopic (exact) mass is 1540 g/mol. The predicted octanol–water partition coefficient (Wildman–Crippen LogP) is 1.89. The summed E-state index contributed by atoms with van der Waals surface area (Å²) in [5.41, 5.74) is 2.47. The zero-order valence-corrected chi connectivity index (χ0v) is 59.0. The Kier molecular flexibility index (Phi) is 41.5. The number of rotatable bonds is 47. The van der Waals surface area contributed by atoms with Gasteiger partial charge in [0.15, 0.2) is 5.11 Å². The molecular formula is C65H97IN12O21S. The van der Waals surface area contributed by atoms with Gasteiger partial charge in [0.25, 0.3) is 0 Å². The molecule has 0 bridgehead atoms. The van der Waals surface area contributed by atoms with Crippen LogP contribution in [0.4, 0.5) is 10.5 Å². The lowest BCUT2D eigenvalue weighted by atomic mass is 10.0. The standard InChI is InChI=1S/C65H97IN12O21S/c66-45-20-16-43(17-21-45)11-10-15-52(79)67-29-8-6-13-49(61(93)94)72-60(92)48(71-54(81)14-4-2-1-3-7-28-68-53(80)26-24-50(62(95)96)73-64(99)74-51(63(97)98)25-27-55(82)83)12-5-9-30-69-65(100)70-46-22-18-44(19-23-46)37-47-38-77(41-58(88)89)34-33-75(39-56(84)85)31-32-76(40-57(86)87)35-36-78(47)42-59(90)91/h16-23,47-51H,1-15,24-42H2,(H,67,79)(H,68,80)(H,71,81)(H,72,92)(H,82,83)(H,84,85)(H,86,87)(H,88,89)(H,90,91)(H,93,94)(H,95,96)(H,97,98)(H2,69,70,100)(H2,73,74,99). The Morgan fingerprint density at radius 1 is 0.430 bits per heavy atom. The van der Waals surface area contributed by atoms with Gasteiger partial charge in [0.05, 0.1) is 26.2 Å². The van der Waals surface area contributed by atoms with Gasteiger partial charge in [-0.05, 0) is 154 Å². The van der Waals surface area contributed by atoms with Crippen molar-refractivity contribution in [3.63, 3.8) is 0 Å². The third-order valence-electron chi connectivity index (χ3n) is 16.2. The first-order chi connectivity index (χ1) is 47.5. The van der Waals surface area contributed by atoms with Crippen LogP contribution in [-0.2, 0) is 70.4 Å². The van der Waals surface area contributed by atoms with Crippen LogP contribution in [0.5, 0.6) is 0 Å². The number of halogens is 1. The highest BCUT2D eigenvalue weighted by Gasteiger charge is 2.30. The van der Waals surface area contributed by atoms with Crippen molar-refractivity contribution in [2.45, 2.75) is 159 Å². The minimum absolute atomic E-state index is 0.0412. The first kappa shape index (κ1) is 85.8. The molecule has 2 aromatic rings. The van der Waals surface area contributed by atoms with Crippen LogP contribution in [0.25, 0.3) is 0 Å². The number of nitrogens with zero attached hydrogens (tertiary/aromatic N) is 4. The number of aliphatic carboxylic acids is 8. The number of urea groups is 1. The van der Waals surface area contributed by atoms with Gasteiger partial charge in [-0.3, -0.25) is 62.8 Å². The normalized spacial score (nSPS) is 15.3. The Morgan fingerprint density at radius 3 is 1.43 bits per heavy atom. The van der Waals surface area contributed by atoms with Gasteiger partial charge < -0.3 is 83.4 Å². The van der Waals surface area contributed by atoms with E-state index in [0.717, 1.165) is 21.1 Å². The molecule has 16 N–H and O–H groups in total. The van der Waals surface area contributed by atoms with Crippen molar-refractivity contribution in [1.29, 1.82) is 0 Å². The third-order valence-corrected chi connectivity index (χ3v) is 17.1. The van der Waals surface area contributed by atoms with Crippen molar-refractivity contribution < 1.29 is 103 Å². The van der Waals surface area contributed by atoms with Crippen LogP contribution in [0, 0.1) is 3.57 Å². The molecule has 1 aliphatic rings. The molecule has 1 fully saturated rings. The van der Waals surface area contributed by atoms with E-state index in [1.54, 1.807) is 43.9 Å². The van der Waals surface area contributed by atoms with Crippen LogP contribution >= 0.6 is 34.8 Å². The van der Waals surface area contributed by atoms with Crippen LogP contribution in [0.3, 0.4) is 0 Å². The number of carbonyl (C=O) groups excluding carboxylic acids is 5. The van der Waals surface area contributed by atoms with Crippen molar-refractivity contribution in [2.24, 2.45) is 0 Å². The van der Waals surface area contributed by atoms with E-state index in [-0.39, 0.29) is 115 Å². The number of unbranched alkanes of at least 4 members (excludes halogenated alkanes) is 6. The van der Waals surface area contributed by atoms with E-state index in [1.165, 1.54) is 0 Å². The minimum atomic E-state index is -1.59. The molecule has 3 rings (SSSR count). The topological polar surface area (TPSA) is 493 Å². The van der Waals surface area contributed by atoms with Crippen LogP contribution in [0.15, 0.2) is 48.5 Å². The fraction of sp³-hybridized carbons (Fsp3) is 0.600. The van der Waals surface area contributed by atoms with Gasteiger partial charge in [0.1, 0.15) is 24.2 Å². The molecule has 1 aliphatic heterocycles. The van der Waals surface area contributed by atoms with E-state index in [1.807, 2.05) is 29.6 Å². The fourth-order valence-corrected chi connectivity index (χ4v) is 11.4. The highest BCUT2D eigenvalue weighted by Crippen LogP contribution is 2.18. The molecule has 35 heteroatoms. The third kappa shape index (κ3) is 39.4. The fourth-order valence-electron chi connectivity index (χ4n) is 10.8. The van der Waals surface area contributed by atoms with Gasteiger partial charge in [-0.25, -0.2) is 19.2 Å². The van der Waals surface area contributed by atoms with Crippen LogP contribution in [0.2, 0.25) is 0 Å². The highest BCUT2D eigenvalue weighted by atomic mass is 127. The van der Waals surface area contributed by atoms with Crippen LogP contribution in [-0.4, -0.2) is 265 Å². The van der Waals surface area contributed by atoms with Crippen molar-refractivity contribution in [1.82, 2.24) is 56.8 Å². The molecule has 556 valence electrons. The maximum Gasteiger partial charge on any atom is 0.326 e. The maximum absolute atomic E-state index is 13.9. The first-order valence-electron chi connectivity index (χ1n) is 33.3. The largest absolute Gasteiger partial charge is 0.481 e. The molecule has 0 saturated carbocycles. The van der Waals surface area contributed by atoms with Gasteiger partial charge in [-0.15, -0.1) is 0 Å². The molecular weight excluding hydrogens is 1440 g/mol. The summed E-state index contributed by atoms with van der Waals surface area (Å²) in [6, 6.07) is 7.85. The second kappa shape index (κ2) is 48.4. The number of aryl methyl sites for hydroxylation is 1. The van der Waals surface area contributed by atoms with Crippen molar-refractivity contribution >= 4 is 123 Å². The summed E-state index contributed by atoms with van der Waals surface area (Å²) >= 11 is 7.81. The lowest BCUT2D eigenvalue weighted by Gasteiger charge is -2.37. The molecule has 0 aliphatic carbocycles. The highest BCUT2D eigenvalue weighted by molar-refractivity contribution is 14.1. The second-order valence-electron chi connectivity index (χ2n) is 24.3. The molecule has 1 heterocycles. The lowest BCUT2D eigenvalue weighted by molar-refractivity contribution is -0.142. The molecule has 2 aromatic carbocycles. The number of carboxylic acid groups (broad SMARTS) is 8. The van der Waals surface area contributed by atoms with Crippen molar-refractivity contribution in [3.8, 4) is 0 Å². The average molecular weight is 1540 g/mol. The zero-order chi connectivity index (χ0) is 73.9. The van der Waals surface area contributed by atoms with E-state index in [2.05, 4.69) is 59.8 Å². The molecule has 0 spiro atoms. The second-order valence-corrected chi connectivity index (χ2v) is 26.0.